The number of hydrogen-bond donors (Lipinski definition) is 3. The van der Waals surface area contributed by atoms with Crippen LogP contribution in [-0.4, -0.2) is 17.6 Å². The molecule has 4 N–H and O–H groups in total. The van der Waals surface area contributed by atoms with Gasteiger partial charge in [-0.3, -0.25) is 4.79 Å². The van der Waals surface area contributed by atoms with Crippen LogP contribution in [0.2, 0.25) is 0 Å². The summed E-state index contributed by atoms with van der Waals surface area (Å²) < 4.78 is 0. The fraction of sp³-hybridized carbons (Fsp3) is 0.190. The number of nitrogens with two attached hydrogens (primary N) is 1. The van der Waals surface area contributed by atoms with E-state index in [9.17, 15) is 9.90 Å². The van der Waals surface area contributed by atoms with Crippen molar-refractivity contribution in [2.45, 2.75) is 19.4 Å². The fourth-order valence-corrected chi connectivity index (χ4v) is 3.11. The first-order valence-electron chi connectivity index (χ1n) is 8.35. The molecule has 0 saturated heterocycles. The highest BCUT2D eigenvalue weighted by molar-refractivity contribution is 5.97. The topological polar surface area (TPSA) is 75.4 Å². The van der Waals surface area contributed by atoms with Crippen LogP contribution in [0.5, 0.6) is 0 Å². The highest BCUT2D eigenvalue weighted by Crippen LogP contribution is 2.27. The van der Waals surface area contributed by atoms with Crippen LogP contribution in [0, 0.1) is 6.92 Å². The van der Waals surface area contributed by atoms with E-state index in [1.807, 2.05) is 55.5 Å². The second kappa shape index (κ2) is 7.36. The molecule has 4 heteroatoms. The zero-order valence-electron chi connectivity index (χ0n) is 14.2. The maximum atomic E-state index is 12.8. The minimum absolute atomic E-state index is 0.00984. The highest BCUT2D eigenvalue weighted by Gasteiger charge is 2.18. The molecule has 0 aliphatic rings. The largest absolute Gasteiger partial charge is 0.399 e. The lowest BCUT2D eigenvalue weighted by Crippen LogP contribution is -2.30. The van der Waals surface area contributed by atoms with Crippen molar-refractivity contribution in [1.82, 2.24) is 5.32 Å². The monoisotopic (exact) mass is 334 g/mol. The summed E-state index contributed by atoms with van der Waals surface area (Å²) in [6, 6.07) is 19.1. The second-order valence-electron chi connectivity index (χ2n) is 6.18. The van der Waals surface area contributed by atoms with Gasteiger partial charge in [-0.2, -0.15) is 0 Å². The number of fused-ring (bicyclic) bond motifs is 1. The Morgan fingerprint density at radius 2 is 1.88 bits per heavy atom. The standard InChI is InChI=1S/C21H22N2O2/c1-14-9-10-16(22)13-19(14)21(25)23-20(11-12-24)18-8-4-6-15-5-2-3-7-17(15)18/h2-10,13,20,24H,11-12,22H2,1H3,(H,23,25). The van der Waals surface area contributed by atoms with Crippen LogP contribution in [0.25, 0.3) is 10.8 Å². The number of carbonyl (C=O) groups excluding carboxylic acids is 1. The van der Waals surface area contributed by atoms with Crippen molar-refractivity contribution < 1.29 is 9.90 Å². The van der Waals surface area contributed by atoms with Crippen LogP contribution in [-0.2, 0) is 0 Å². The van der Waals surface area contributed by atoms with Crippen molar-refractivity contribution in [3.63, 3.8) is 0 Å². The van der Waals surface area contributed by atoms with Crippen molar-refractivity contribution in [2.75, 3.05) is 12.3 Å². The number of aryl methyl sites for hydroxylation is 1. The summed E-state index contributed by atoms with van der Waals surface area (Å²) in [7, 11) is 0. The van der Waals surface area contributed by atoms with Gasteiger partial charge in [0, 0.05) is 17.9 Å². The van der Waals surface area contributed by atoms with Crippen LogP contribution >= 0.6 is 0 Å². The summed E-state index contributed by atoms with van der Waals surface area (Å²) in [6.07, 6.45) is 0.446. The summed E-state index contributed by atoms with van der Waals surface area (Å²) in [5.41, 5.74) is 8.80. The molecule has 0 aliphatic carbocycles. The summed E-state index contributed by atoms with van der Waals surface area (Å²) in [6.45, 7) is 1.87. The van der Waals surface area contributed by atoms with E-state index in [4.69, 9.17) is 5.73 Å². The first-order chi connectivity index (χ1) is 12.1. The van der Waals surface area contributed by atoms with Gasteiger partial charge in [-0.15, -0.1) is 0 Å². The molecule has 0 spiro atoms. The highest BCUT2D eigenvalue weighted by atomic mass is 16.3. The van der Waals surface area contributed by atoms with E-state index in [2.05, 4.69) is 5.32 Å². The van der Waals surface area contributed by atoms with Gasteiger partial charge in [-0.25, -0.2) is 0 Å². The Morgan fingerprint density at radius 3 is 2.68 bits per heavy atom. The van der Waals surface area contributed by atoms with Crippen molar-refractivity contribution in [2.24, 2.45) is 0 Å². The Balaban J connectivity index is 1.96. The molecular weight excluding hydrogens is 312 g/mol. The minimum atomic E-state index is -0.274. The molecule has 0 heterocycles. The van der Waals surface area contributed by atoms with Gasteiger partial charge in [-0.05, 0) is 47.4 Å². The zero-order chi connectivity index (χ0) is 17.8. The van der Waals surface area contributed by atoms with Crippen molar-refractivity contribution in [1.29, 1.82) is 0 Å². The van der Waals surface area contributed by atoms with Gasteiger partial charge < -0.3 is 16.2 Å². The van der Waals surface area contributed by atoms with Crippen molar-refractivity contribution in [3.8, 4) is 0 Å². The summed E-state index contributed by atoms with van der Waals surface area (Å²) >= 11 is 0. The van der Waals surface area contributed by atoms with Crippen molar-refractivity contribution in [3.05, 3.63) is 77.4 Å². The van der Waals surface area contributed by atoms with Gasteiger partial charge in [-0.1, -0.05) is 48.5 Å². The number of nitrogen functional groups attached to an aromatic ring is 1. The first kappa shape index (κ1) is 17.0. The first-order valence-corrected chi connectivity index (χ1v) is 8.35. The maximum Gasteiger partial charge on any atom is 0.252 e. The van der Waals surface area contributed by atoms with Gasteiger partial charge in [0.25, 0.3) is 5.91 Å². The van der Waals surface area contributed by atoms with E-state index in [1.54, 1.807) is 12.1 Å². The molecule has 0 aliphatic heterocycles. The third-order valence-electron chi connectivity index (χ3n) is 4.43. The molecule has 0 aromatic heterocycles. The lowest BCUT2D eigenvalue weighted by molar-refractivity contribution is 0.0929. The van der Waals surface area contributed by atoms with E-state index in [0.717, 1.165) is 21.9 Å². The molecular formula is C21H22N2O2. The number of hydrogen-bond acceptors (Lipinski definition) is 3. The molecule has 1 atom stereocenters. The molecule has 3 aromatic carbocycles. The lowest BCUT2D eigenvalue weighted by atomic mass is 9.96. The Morgan fingerprint density at radius 1 is 1.12 bits per heavy atom. The number of aliphatic hydroxyl groups excluding tert-OH is 1. The Kier molecular flexibility index (Phi) is 5.00. The zero-order valence-corrected chi connectivity index (χ0v) is 14.2. The Labute approximate surface area is 147 Å². The van der Waals surface area contributed by atoms with Gasteiger partial charge >= 0.3 is 0 Å². The van der Waals surface area contributed by atoms with Crippen LogP contribution in [0.15, 0.2) is 60.7 Å². The van der Waals surface area contributed by atoms with E-state index in [-0.39, 0.29) is 18.6 Å². The van der Waals surface area contributed by atoms with E-state index < -0.39 is 0 Å². The number of anilines is 1. The van der Waals surface area contributed by atoms with Crippen LogP contribution < -0.4 is 11.1 Å². The molecule has 0 saturated carbocycles. The predicted octanol–water partition coefficient (Wildman–Crippen LogP) is 3.58. The van der Waals surface area contributed by atoms with Gasteiger partial charge in [0.2, 0.25) is 0 Å². The number of nitrogens with one attached hydrogen (secondary N) is 1. The molecule has 3 rings (SSSR count). The Hall–Kier alpha value is -2.85. The molecule has 4 nitrogen and oxygen atoms in total. The number of benzene rings is 3. The quantitative estimate of drug-likeness (QED) is 0.624. The van der Waals surface area contributed by atoms with E-state index >= 15 is 0 Å². The average molecular weight is 334 g/mol. The molecule has 128 valence electrons. The number of carbonyl (C=O) groups is 1. The van der Waals surface area contributed by atoms with Crippen LogP contribution in [0.4, 0.5) is 5.69 Å². The molecule has 25 heavy (non-hydrogen) atoms. The number of amides is 1. The van der Waals surface area contributed by atoms with E-state index in [0.29, 0.717) is 17.7 Å². The molecule has 1 unspecified atom stereocenters. The summed E-state index contributed by atoms with van der Waals surface area (Å²) in [4.78, 5) is 12.8. The second-order valence-corrected chi connectivity index (χ2v) is 6.18. The number of aliphatic hydroxyl groups is 1. The van der Waals surface area contributed by atoms with Gasteiger partial charge in [0.05, 0.1) is 6.04 Å². The normalized spacial score (nSPS) is 12.1. The van der Waals surface area contributed by atoms with Gasteiger partial charge in [0.15, 0.2) is 0 Å². The summed E-state index contributed by atoms with van der Waals surface area (Å²) in [5.74, 6) is -0.184. The molecule has 1 amide bonds. The third-order valence-corrected chi connectivity index (χ3v) is 4.43. The SMILES string of the molecule is Cc1ccc(N)cc1C(=O)NC(CCO)c1cccc2ccccc12. The smallest absolute Gasteiger partial charge is 0.252 e. The third kappa shape index (κ3) is 3.64. The fourth-order valence-electron chi connectivity index (χ4n) is 3.11. The number of rotatable bonds is 5. The minimum Gasteiger partial charge on any atom is -0.399 e. The average Bonchev–Trinajstić information content (AvgIpc) is 2.63. The van der Waals surface area contributed by atoms with E-state index in [1.165, 1.54) is 0 Å². The van der Waals surface area contributed by atoms with Crippen LogP contribution in [0.3, 0.4) is 0 Å². The van der Waals surface area contributed by atoms with Gasteiger partial charge in [0.1, 0.15) is 0 Å². The molecule has 0 radical (unpaired) electrons. The predicted molar refractivity (Wildman–Crippen MR) is 101 cm³/mol. The molecule has 3 aromatic rings. The molecule has 0 bridgehead atoms. The lowest BCUT2D eigenvalue weighted by Gasteiger charge is -2.21. The van der Waals surface area contributed by atoms with Crippen molar-refractivity contribution >= 4 is 22.4 Å². The Bertz CT molecular complexity index is 900. The molecule has 0 fully saturated rings. The summed E-state index contributed by atoms with van der Waals surface area (Å²) in [5, 5.41) is 14.7. The maximum absolute atomic E-state index is 12.8. The van der Waals surface area contributed by atoms with Crippen LogP contribution in [0.1, 0.15) is 33.9 Å².